The van der Waals surface area contributed by atoms with Crippen molar-refractivity contribution in [3.8, 4) is 0 Å². The molecule has 0 aromatic rings. The van der Waals surface area contributed by atoms with E-state index in [4.69, 9.17) is 5.11 Å². The molecule has 0 aliphatic carbocycles. The fourth-order valence-electron chi connectivity index (χ4n) is 2.33. The summed E-state index contributed by atoms with van der Waals surface area (Å²) in [6, 6.07) is 0. The van der Waals surface area contributed by atoms with Crippen LogP contribution in [0.25, 0.3) is 0 Å². The van der Waals surface area contributed by atoms with Crippen LogP contribution in [0.5, 0.6) is 0 Å². The Morgan fingerprint density at radius 3 is 2.40 bits per heavy atom. The second-order valence-electron chi connectivity index (χ2n) is 5.33. The summed E-state index contributed by atoms with van der Waals surface area (Å²) in [5.74, 6) is -0.820. The van der Waals surface area contributed by atoms with Gasteiger partial charge in [0.25, 0.3) is 0 Å². The van der Waals surface area contributed by atoms with E-state index in [1.54, 1.807) is 0 Å². The van der Waals surface area contributed by atoms with Gasteiger partial charge in [0.2, 0.25) is 0 Å². The topological polar surface area (TPSA) is 60.8 Å². The lowest BCUT2D eigenvalue weighted by molar-refractivity contribution is -0.214. The van der Waals surface area contributed by atoms with E-state index in [0.717, 1.165) is 5.57 Å². The van der Waals surface area contributed by atoms with Crippen LogP contribution < -0.4 is 0 Å². The smallest absolute Gasteiger partial charge is 0.307 e. The van der Waals surface area contributed by atoms with Crippen molar-refractivity contribution in [1.82, 2.24) is 5.06 Å². The molecule has 86 valence electrons. The number of rotatable bonds is 2. The number of nitrogens with zero attached hydrogens (tertiary/aromatic N) is 1. The van der Waals surface area contributed by atoms with Gasteiger partial charge in [-0.25, -0.2) is 0 Å². The number of carbonyl (C=O) groups is 1. The highest BCUT2D eigenvalue weighted by Crippen LogP contribution is 2.36. The van der Waals surface area contributed by atoms with Gasteiger partial charge in [-0.2, -0.15) is 5.06 Å². The van der Waals surface area contributed by atoms with Crippen LogP contribution in [0.1, 0.15) is 40.5 Å². The monoisotopic (exact) mass is 213 g/mol. The first-order valence-electron chi connectivity index (χ1n) is 5.07. The molecule has 0 bridgehead atoms. The highest BCUT2D eigenvalue weighted by atomic mass is 16.5. The van der Waals surface area contributed by atoms with Gasteiger partial charge in [-0.1, -0.05) is 11.6 Å². The van der Waals surface area contributed by atoms with E-state index in [-0.39, 0.29) is 6.42 Å². The van der Waals surface area contributed by atoms with Gasteiger partial charge < -0.3 is 10.3 Å². The predicted molar refractivity (Wildman–Crippen MR) is 56.7 cm³/mol. The van der Waals surface area contributed by atoms with Gasteiger partial charge in [0.15, 0.2) is 0 Å². The van der Waals surface area contributed by atoms with Crippen LogP contribution in [-0.2, 0) is 4.79 Å². The minimum absolute atomic E-state index is 0.0562. The van der Waals surface area contributed by atoms with Gasteiger partial charge in [0.05, 0.1) is 12.0 Å². The van der Waals surface area contributed by atoms with Crippen LogP contribution in [0.4, 0.5) is 0 Å². The molecule has 0 fully saturated rings. The minimum Gasteiger partial charge on any atom is -0.481 e. The summed E-state index contributed by atoms with van der Waals surface area (Å²) in [5.41, 5.74) is -0.0435. The van der Waals surface area contributed by atoms with Crippen molar-refractivity contribution in [2.24, 2.45) is 0 Å². The third-order valence-electron chi connectivity index (χ3n) is 2.71. The SMILES string of the molecule is CC1(C)C=C(CC(=O)O)CC(C)(C)N1O. The molecule has 0 saturated carbocycles. The highest BCUT2D eigenvalue weighted by molar-refractivity contribution is 5.70. The van der Waals surface area contributed by atoms with Crippen LogP contribution in [0.15, 0.2) is 11.6 Å². The maximum Gasteiger partial charge on any atom is 0.307 e. The lowest BCUT2D eigenvalue weighted by Gasteiger charge is -2.47. The Kier molecular flexibility index (Phi) is 2.94. The zero-order valence-corrected chi connectivity index (χ0v) is 9.74. The number of aliphatic carboxylic acids is 1. The van der Waals surface area contributed by atoms with E-state index >= 15 is 0 Å². The van der Waals surface area contributed by atoms with E-state index in [0.29, 0.717) is 6.42 Å². The van der Waals surface area contributed by atoms with Crippen molar-refractivity contribution in [3.05, 3.63) is 11.6 Å². The van der Waals surface area contributed by atoms with Crippen LogP contribution in [-0.4, -0.2) is 32.4 Å². The molecule has 1 aliphatic rings. The summed E-state index contributed by atoms with van der Waals surface area (Å²) >= 11 is 0. The predicted octanol–water partition coefficient (Wildman–Crippen LogP) is 2.04. The van der Waals surface area contributed by atoms with Crippen LogP contribution in [0.3, 0.4) is 0 Å². The fourth-order valence-corrected chi connectivity index (χ4v) is 2.33. The second kappa shape index (κ2) is 3.61. The molecule has 0 aromatic heterocycles. The molecule has 0 atom stereocenters. The summed E-state index contributed by atoms with van der Waals surface area (Å²) in [6.45, 7) is 7.55. The molecule has 0 saturated heterocycles. The zero-order chi connectivity index (χ0) is 11.9. The van der Waals surface area contributed by atoms with E-state index in [1.165, 1.54) is 5.06 Å². The Labute approximate surface area is 90.2 Å². The molecule has 0 amide bonds. The zero-order valence-electron chi connectivity index (χ0n) is 9.74. The summed E-state index contributed by atoms with van der Waals surface area (Å²) in [4.78, 5) is 10.7. The van der Waals surface area contributed by atoms with E-state index in [9.17, 15) is 10.0 Å². The largest absolute Gasteiger partial charge is 0.481 e. The molecule has 1 rings (SSSR count). The fraction of sp³-hybridized carbons (Fsp3) is 0.727. The van der Waals surface area contributed by atoms with Crippen molar-refractivity contribution < 1.29 is 15.1 Å². The van der Waals surface area contributed by atoms with Crippen molar-refractivity contribution in [3.63, 3.8) is 0 Å². The van der Waals surface area contributed by atoms with Crippen molar-refractivity contribution in [2.75, 3.05) is 0 Å². The summed E-state index contributed by atoms with van der Waals surface area (Å²) in [7, 11) is 0. The minimum atomic E-state index is -0.820. The third-order valence-corrected chi connectivity index (χ3v) is 2.71. The van der Waals surface area contributed by atoms with Gasteiger partial charge in [-0.05, 0) is 34.1 Å². The van der Waals surface area contributed by atoms with Gasteiger partial charge in [0, 0.05) is 5.54 Å². The lowest BCUT2D eigenvalue weighted by atomic mass is 9.82. The molecule has 0 aromatic carbocycles. The van der Waals surface area contributed by atoms with Gasteiger partial charge in [-0.15, -0.1) is 0 Å². The Balaban J connectivity index is 2.98. The molecule has 0 spiro atoms. The van der Waals surface area contributed by atoms with E-state index in [1.807, 2.05) is 33.8 Å². The van der Waals surface area contributed by atoms with Crippen LogP contribution in [0, 0.1) is 0 Å². The van der Waals surface area contributed by atoms with Crippen molar-refractivity contribution in [1.29, 1.82) is 0 Å². The molecular weight excluding hydrogens is 194 g/mol. The Hall–Kier alpha value is -0.870. The number of hydrogen-bond acceptors (Lipinski definition) is 3. The first kappa shape index (κ1) is 12.2. The van der Waals surface area contributed by atoms with Crippen molar-refractivity contribution in [2.45, 2.75) is 51.6 Å². The van der Waals surface area contributed by atoms with E-state index < -0.39 is 17.0 Å². The normalized spacial score (nSPS) is 24.7. The summed E-state index contributed by atoms with van der Waals surface area (Å²) in [5, 5.41) is 20.0. The van der Waals surface area contributed by atoms with Gasteiger partial charge in [0.1, 0.15) is 0 Å². The van der Waals surface area contributed by atoms with Gasteiger partial charge >= 0.3 is 5.97 Å². The Bertz CT molecular complexity index is 305. The lowest BCUT2D eigenvalue weighted by Crippen LogP contribution is -2.55. The second-order valence-corrected chi connectivity index (χ2v) is 5.33. The molecule has 0 unspecified atom stereocenters. The average molecular weight is 213 g/mol. The third kappa shape index (κ3) is 2.58. The van der Waals surface area contributed by atoms with Crippen LogP contribution >= 0.6 is 0 Å². The molecule has 2 N–H and O–H groups in total. The average Bonchev–Trinajstić information content (AvgIpc) is 1.97. The molecule has 4 nitrogen and oxygen atoms in total. The number of carboxylic acids is 1. The molecule has 15 heavy (non-hydrogen) atoms. The van der Waals surface area contributed by atoms with Crippen molar-refractivity contribution >= 4 is 5.97 Å². The Morgan fingerprint density at radius 2 is 2.00 bits per heavy atom. The number of hydrogen-bond donors (Lipinski definition) is 2. The number of carboxylic acid groups (broad SMARTS) is 1. The standard InChI is InChI=1S/C11H19NO3/c1-10(2)6-8(5-9(13)14)7-11(3,4)12(10)15/h6,15H,5,7H2,1-4H3,(H,13,14). The maximum atomic E-state index is 10.7. The van der Waals surface area contributed by atoms with E-state index in [2.05, 4.69) is 0 Å². The molecule has 0 radical (unpaired) electrons. The van der Waals surface area contributed by atoms with Crippen LogP contribution in [0.2, 0.25) is 0 Å². The quantitative estimate of drug-likeness (QED) is 0.689. The molecule has 1 heterocycles. The molecule has 1 aliphatic heterocycles. The highest BCUT2D eigenvalue weighted by Gasteiger charge is 2.40. The maximum absolute atomic E-state index is 10.7. The first-order chi connectivity index (χ1) is 6.65. The Morgan fingerprint density at radius 1 is 1.47 bits per heavy atom. The summed E-state index contributed by atoms with van der Waals surface area (Å²) < 4.78 is 0. The van der Waals surface area contributed by atoms with Gasteiger partial charge in [-0.3, -0.25) is 4.79 Å². The first-order valence-corrected chi connectivity index (χ1v) is 5.07. The molecular formula is C11H19NO3. The molecule has 4 heteroatoms. The summed E-state index contributed by atoms with van der Waals surface area (Å²) in [6.07, 6.45) is 2.48. The number of hydroxylamine groups is 2.